The lowest BCUT2D eigenvalue weighted by Crippen LogP contribution is -2.16. The Morgan fingerprint density at radius 1 is 0.492 bits per heavy atom. The van der Waals surface area contributed by atoms with Crippen LogP contribution in [0.4, 0.5) is 0 Å². The topological polar surface area (TPSA) is 69.9 Å². The van der Waals surface area contributed by atoms with E-state index < -0.39 is 0 Å². The predicted molar refractivity (Wildman–Crippen MR) is 263 cm³/mol. The Morgan fingerprint density at radius 2 is 1.02 bits per heavy atom. The number of aromatic nitrogens is 4. The minimum Gasteiger partial charge on any atom is -0.456 e. The highest BCUT2D eigenvalue weighted by molar-refractivity contribution is 6.08. The molecule has 0 fully saturated rings. The lowest BCUT2D eigenvalue weighted by atomic mass is 9.78. The number of nitrogens with zero attached hydrogens (tertiary/aromatic N) is 4. The first-order valence-corrected chi connectivity index (χ1v) is 22.5. The van der Waals surface area contributed by atoms with Gasteiger partial charge in [-0.25, -0.2) is 4.98 Å². The minimum absolute atomic E-state index is 0.221. The Labute approximate surface area is 374 Å². The van der Waals surface area contributed by atoms with Crippen molar-refractivity contribution in [3.8, 4) is 62.2 Å². The van der Waals surface area contributed by atoms with Crippen molar-refractivity contribution in [3.63, 3.8) is 0 Å². The first-order chi connectivity index (χ1) is 31.9. The van der Waals surface area contributed by atoms with E-state index in [-0.39, 0.29) is 5.41 Å². The molecule has 8 aromatic carbocycles. The average molecular weight is 837 g/mol. The Kier molecular flexibility index (Phi) is 7.40. The fourth-order valence-electron chi connectivity index (χ4n) is 11.4. The molecule has 65 heavy (non-hydrogen) atoms. The second-order valence-electron chi connectivity index (χ2n) is 18.4. The van der Waals surface area contributed by atoms with Crippen molar-refractivity contribution in [2.75, 3.05) is 0 Å². The number of para-hydroxylation sites is 3. The maximum absolute atomic E-state index is 6.44. The summed E-state index contributed by atoms with van der Waals surface area (Å²) < 4.78 is 15.2. The third-order valence-corrected chi connectivity index (χ3v) is 14.3. The van der Waals surface area contributed by atoms with Crippen molar-refractivity contribution >= 4 is 54.8 Å². The Bertz CT molecular complexity index is 3860. The van der Waals surface area contributed by atoms with E-state index in [2.05, 4.69) is 159 Å². The molecule has 12 aromatic rings. The van der Waals surface area contributed by atoms with Crippen LogP contribution >= 0.6 is 0 Å². The van der Waals surface area contributed by atoms with Gasteiger partial charge in [-0.1, -0.05) is 154 Å². The first-order valence-electron chi connectivity index (χ1n) is 22.5. The summed E-state index contributed by atoms with van der Waals surface area (Å²) in [5.74, 6) is 1.99. The van der Waals surface area contributed by atoms with Crippen LogP contribution in [0, 0.1) is 0 Å². The summed E-state index contributed by atoms with van der Waals surface area (Å²) in [7, 11) is 0. The first kappa shape index (κ1) is 36.4. The molecule has 0 saturated heterocycles. The second-order valence-corrected chi connectivity index (χ2v) is 18.4. The van der Waals surface area contributed by atoms with E-state index in [4.69, 9.17) is 23.8 Å². The van der Waals surface area contributed by atoms with Crippen molar-refractivity contribution in [1.29, 1.82) is 0 Å². The highest BCUT2D eigenvalue weighted by Gasteiger charge is 2.39. The van der Waals surface area contributed by atoms with Crippen molar-refractivity contribution in [2.45, 2.75) is 38.5 Å². The molecule has 6 heteroatoms. The van der Waals surface area contributed by atoms with Crippen molar-refractivity contribution in [1.82, 2.24) is 19.5 Å². The van der Waals surface area contributed by atoms with Crippen LogP contribution in [0.25, 0.3) is 117 Å². The number of hydrogen-bond donors (Lipinski definition) is 0. The van der Waals surface area contributed by atoms with E-state index in [1.54, 1.807) is 0 Å². The van der Waals surface area contributed by atoms with Crippen LogP contribution in [0.5, 0.6) is 0 Å². The smallest absolute Gasteiger partial charge is 0.238 e. The molecule has 0 bridgehead atoms. The zero-order chi connectivity index (χ0) is 43.1. The van der Waals surface area contributed by atoms with Gasteiger partial charge in [0.05, 0.1) is 11.2 Å². The van der Waals surface area contributed by atoms with Crippen LogP contribution in [-0.4, -0.2) is 19.5 Å². The molecule has 4 aromatic heterocycles. The molecule has 0 saturated carbocycles. The fourth-order valence-corrected chi connectivity index (χ4v) is 11.4. The largest absolute Gasteiger partial charge is 0.456 e. The molecule has 1 atom stereocenters. The number of furan rings is 2. The average Bonchev–Trinajstić information content (AvgIpc) is 4.08. The molecule has 2 aliphatic carbocycles. The number of benzene rings is 8. The summed E-state index contributed by atoms with van der Waals surface area (Å²) >= 11 is 0. The van der Waals surface area contributed by atoms with Crippen LogP contribution in [0.3, 0.4) is 0 Å². The molecule has 0 amide bonds. The van der Waals surface area contributed by atoms with Gasteiger partial charge in [0.25, 0.3) is 0 Å². The van der Waals surface area contributed by atoms with Crippen LogP contribution in [-0.2, 0) is 11.8 Å². The molecule has 0 aliphatic heterocycles. The predicted octanol–water partition coefficient (Wildman–Crippen LogP) is 15.2. The summed E-state index contributed by atoms with van der Waals surface area (Å²) in [6.45, 7) is 7.08. The van der Waals surface area contributed by atoms with E-state index in [9.17, 15) is 0 Å². The molecule has 0 spiro atoms. The van der Waals surface area contributed by atoms with Gasteiger partial charge in [-0.15, -0.1) is 0 Å². The normalized spacial score (nSPS) is 14.9. The SMILES string of the molecule is CC1Cc2c(n(-c3nc(-c4ccc5c(c4)oc4ccccc45)nc(-c4ccc5c(c4)oc4ccccc45)n3)c3c(-c4cccc5c4C(C)(C)c4ccccc4-5)cccc23)-c2ccccc21. The second kappa shape index (κ2) is 13.2. The highest BCUT2D eigenvalue weighted by Crippen LogP contribution is 2.54. The van der Waals surface area contributed by atoms with Crippen molar-refractivity contribution in [3.05, 3.63) is 192 Å². The Hall–Kier alpha value is -8.09. The number of rotatable bonds is 4. The fraction of sp³-hybridized carbons (Fsp3) is 0.102. The summed E-state index contributed by atoms with van der Waals surface area (Å²) in [6, 6.07) is 60.3. The lowest BCUT2D eigenvalue weighted by molar-refractivity contribution is 0.662. The van der Waals surface area contributed by atoms with Gasteiger partial charge in [-0.2, -0.15) is 9.97 Å². The van der Waals surface area contributed by atoms with Gasteiger partial charge in [0.15, 0.2) is 11.6 Å². The van der Waals surface area contributed by atoms with Crippen LogP contribution in [0.2, 0.25) is 0 Å². The molecular weight excluding hydrogens is 797 g/mol. The molecule has 2 aliphatic rings. The maximum Gasteiger partial charge on any atom is 0.238 e. The number of hydrogen-bond acceptors (Lipinski definition) is 5. The summed E-state index contributed by atoms with van der Waals surface area (Å²) in [5.41, 5.74) is 18.4. The zero-order valence-electron chi connectivity index (χ0n) is 36.1. The standard InChI is InChI=1S/C59H40N4O2/c1-33-30-47-46-22-13-21-45(43-20-12-19-42-37-15-6-9-23-48(37)59(2,3)53(42)43)54(46)63(55(47)44-18-5-4-14-36(33)44)58-61-56(34-26-28-40-38-16-7-10-24-49(38)64-51(40)31-34)60-57(62-58)35-27-29-41-39-17-8-11-25-50(39)65-52(41)32-35/h4-29,31-33H,30H2,1-3H3. The maximum atomic E-state index is 6.44. The van der Waals surface area contributed by atoms with Gasteiger partial charge in [0, 0.05) is 54.6 Å². The van der Waals surface area contributed by atoms with Gasteiger partial charge in [-0.3, -0.25) is 4.57 Å². The van der Waals surface area contributed by atoms with E-state index in [0.29, 0.717) is 23.5 Å². The van der Waals surface area contributed by atoms with Gasteiger partial charge in [0.1, 0.15) is 22.3 Å². The quantitative estimate of drug-likeness (QED) is 0.177. The molecule has 6 nitrogen and oxygen atoms in total. The zero-order valence-corrected chi connectivity index (χ0v) is 36.1. The molecule has 14 rings (SSSR count). The third-order valence-electron chi connectivity index (χ3n) is 14.3. The van der Waals surface area contributed by atoms with Gasteiger partial charge in [0.2, 0.25) is 5.95 Å². The molecule has 4 heterocycles. The van der Waals surface area contributed by atoms with Gasteiger partial charge < -0.3 is 8.83 Å². The Morgan fingerprint density at radius 3 is 1.71 bits per heavy atom. The highest BCUT2D eigenvalue weighted by atomic mass is 16.3. The van der Waals surface area contributed by atoms with E-state index in [0.717, 1.165) is 78.2 Å². The van der Waals surface area contributed by atoms with E-state index in [1.807, 2.05) is 36.4 Å². The number of fused-ring (bicyclic) bond motifs is 14. The van der Waals surface area contributed by atoms with Crippen LogP contribution in [0.1, 0.15) is 48.9 Å². The lowest BCUT2D eigenvalue weighted by Gasteiger charge is -2.25. The van der Waals surface area contributed by atoms with Gasteiger partial charge >= 0.3 is 0 Å². The summed E-state index contributed by atoms with van der Waals surface area (Å²) in [5, 5.41) is 5.47. The van der Waals surface area contributed by atoms with Crippen molar-refractivity contribution in [2.24, 2.45) is 0 Å². The molecular formula is C59H40N4O2. The molecule has 308 valence electrons. The van der Waals surface area contributed by atoms with Crippen molar-refractivity contribution < 1.29 is 8.83 Å². The van der Waals surface area contributed by atoms with Crippen LogP contribution in [0.15, 0.2) is 179 Å². The van der Waals surface area contributed by atoms with E-state index >= 15 is 0 Å². The Balaban J connectivity index is 1.08. The van der Waals surface area contributed by atoms with Gasteiger partial charge in [-0.05, 0) is 87.7 Å². The minimum atomic E-state index is -0.221. The third kappa shape index (κ3) is 5.13. The molecule has 0 N–H and O–H groups in total. The summed E-state index contributed by atoms with van der Waals surface area (Å²) in [4.78, 5) is 16.4. The monoisotopic (exact) mass is 836 g/mol. The van der Waals surface area contributed by atoms with Crippen LogP contribution < -0.4 is 0 Å². The van der Waals surface area contributed by atoms with E-state index in [1.165, 1.54) is 49.9 Å². The summed E-state index contributed by atoms with van der Waals surface area (Å²) in [6.07, 6.45) is 0.888. The molecule has 1 unspecified atom stereocenters. The molecule has 0 radical (unpaired) electrons.